The standard InChI is InChI=1S/C17H20N4O/c1-20-14-5-3-2-4-12(14)16(19-20)17(22)18-15-11-6-10-7-21(8-11)9-13(10)15/h2-5,10-11,13,15H,6-9H2,1H3,(H,18,22). The number of aryl methyl sites for hydroxylation is 1. The van der Waals surface area contributed by atoms with Crippen LogP contribution >= 0.6 is 0 Å². The van der Waals surface area contributed by atoms with Crippen LogP contribution in [0.2, 0.25) is 0 Å². The van der Waals surface area contributed by atoms with Crippen molar-refractivity contribution in [2.24, 2.45) is 24.8 Å². The molecule has 4 heterocycles. The van der Waals surface area contributed by atoms with E-state index in [1.165, 1.54) is 13.0 Å². The van der Waals surface area contributed by atoms with Crippen molar-refractivity contribution in [2.75, 3.05) is 19.6 Å². The topological polar surface area (TPSA) is 50.2 Å². The second-order valence-electron chi connectivity index (χ2n) is 7.13. The second-order valence-corrected chi connectivity index (χ2v) is 7.13. The van der Waals surface area contributed by atoms with Crippen LogP contribution in [0, 0.1) is 17.8 Å². The Hall–Kier alpha value is -1.88. The fraction of sp³-hybridized carbons (Fsp3) is 0.529. The molecule has 22 heavy (non-hydrogen) atoms. The Balaban J connectivity index is 1.45. The zero-order valence-electron chi connectivity index (χ0n) is 12.7. The molecule has 1 aliphatic carbocycles. The first-order valence-corrected chi connectivity index (χ1v) is 8.15. The van der Waals surface area contributed by atoms with E-state index in [0.29, 0.717) is 23.6 Å². The summed E-state index contributed by atoms with van der Waals surface area (Å²) in [6.07, 6.45) is 1.29. The van der Waals surface area contributed by atoms with Gasteiger partial charge in [-0.15, -0.1) is 0 Å². The molecule has 0 spiro atoms. The molecule has 5 atom stereocenters. The summed E-state index contributed by atoms with van der Waals surface area (Å²) in [7, 11) is 1.89. The molecule has 1 aromatic carbocycles. The number of piperidine rings is 2. The molecule has 1 amide bonds. The van der Waals surface area contributed by atoms with Gasteiger partial charge >= 0.3 is 0 Å². The van der Waals surface area contributed by atoms with Crippen molar-refractivity contribution in [3.05, 3.63) is 30.0 Å². The van der Waals surface area contributed by atoms with E-state index >= 15 is 0 Å². The molecule has 1 N–H and O–H groups in total. The molecule has 3 saturated heterocycles. The van der Waals surface area contributed by atoms with Gasteiger partial charge in [-0.25, -0.2) is 0 Å². The zero-order valence-corrected chi connectivity index (χ0v) is 12.7. The van der Waals surface area contributed by atoms with E-state index in [9.17, 15) is 4.79 Å². The van der Waals surface area contributed by atoms with Crippen molar-refractivity contribution in [1.29, 1.82) is 0 Å². The average Bonchev–Trinajstić information content (AvgIpc) is 3.09. The molecule has 1 saturated carbocycles. The average molecular weight is 296 g/mol. The molecule has 5 heteroatoms. The number of aromatic nitrogens is 2. The molecule has 5 nitrogen and oxygen atoms in total. The highest BCUT2D eigenvalue weighted by atomic mass is 16.2. The molecular formula is C17H20N4O. The van der Waals surface area contributed by atoms with Gasteiger partial charge in [0, 0.05) is 38.1 Å². The molecule has 2 aromatic rings. The minimum atomic E-state index is -0.00667. The van der Waals surface area contributed by atoms with E-state index in [0.717, 1.165) is 29.9 Å². The number of rotatable bonds is 2. The number of hydrogen-bond acceptors (Lipinski definition) is 3. The first-order valence-electron chi connectivity index (χ1n) is 8.15. The van der Waals surface area contributed by atoms with E-state index in [-0.39, 0.29) is 5.91 Å². The largest absolute Gasteiger partial charge is 0.347 e. The molecule has 4 bridgehead atoms. The summed E-state index contributed by atoms with van der Waals surface area (Å²) >= 11 is 0. The molecule has 114 valence electrons. The van der Waals surface area contributed by atoms with Gasteiger partial charge in [0.1, 0.15) is 0 Å². The Morgan fingerprint density at radius 2 is 2.05 bits per heavy atom. The van der Waals surface area contributed by atoms with Gasteiger partial charge in [-0.3, -0.25) is 9.48 Å². The zero-order chi connectivity index (χ0) is 14.8. The maximum absolute atomic E-state index is 12.8. The van der Waals surface area contributed by atoms with Crippen LogP contribution in [0.1, 0.15) is 16.9 Å². The Labute approximate surface area is 129 Å². The van der Waals surface area contributed by atoms with Crippen molar-refractivity contribution < 1.29 is 4.79 Å². The number of para-hydroxylation sites is 1. The number of nitrogens with zero attached hydrogens (tertiary/aromatic N) is 3. The van der Waals surface area contributed by atoms with Gasteiger partial charge in [0.05, 0.1) is 5.52 Å². The van der Waals surface area contributed by atoms with Crippen molar-refractivity contribution in [3.63, 3.8) is 0 Å². The Bertz CT molecular complexity index is 763. The van der Waals surface area contributed by atoms with Crippen LogP contribution in [0.25, 0.3) is 10.9 Å². The fourth-order valence-corrected chi connectivity index (χ4v) is 5.02. The lowest BCUT2D eigenvalue weighted by atomic mass is 9.93. The van der Waals surface area contributed by atoms with Crippen LogP contribution in [0.3, 0.4) is 0 Å². The fourth-order valence-electron chi connectivity index (χ4n) is 5.02. The van der Waals surface area contributed by atoms with Crippen LogP contribution in [0.15, 0.2) is 24.3 Å². The third kappa shape index (κ3) is 1.63. The van der Waals surface area contributed by atoms with Crippen molar-refractivity contribution in [1.82, 2.24) is 20.0 Å². The van der Waals surface area contributed by atoms with E-state index < -0.39 is 0 Å². The number of benzene rings is 1. The first-order chi connectivity index (χ1) is 10.7. The Kier molecular flexibility index (Phi) is 2.48. The normalized spacial score (nSPS) is 35.4. The van der Waals surface area contributed by atoms with Crippen molar-refractivity contribution in [3.8, 4) is 0 Å². The Morgan fingerprint density at radius 1 is 1.23 bits per heavy atom. The first kappa shape index (κ1) is 12.6. The van der Waals surface area contributed by atoms with Crippen molar-refractivity contribution in [2.45, 2.75) is 12.5 Å². The number of carbonyl (C=O) groups excluding carboxylic acids is 1. The minimum absolute atomic E-state index is 0.00667. The van der Waals surface area contributed by atoms with Gasteiger partial charge in [-0.2, -0.15) is 5.10 Å². The molecular weight excluding hydrogens is 276 g/mol. The summed E-state index contributed by atoms with van der Waals surface area (Å²) in [5.74, 6) is 2.08. The number of nitrogens with one attached hydrogen (secondary N) is 1. The molecule has 1 aromatic heterocycles. The molecule has 4 aliphatic rings. The van der Waals surface area contributed by atoms with Gasteiger partial charge in [0.15, 0.2) is 5.69 Å². The van der Waals surface area contributed by atoms with Crippen LogP contribution in [0.5, 0.6) is 0 Å². The van der Waals surface area contributed by atoms with Gasteiger partial charge in [-0.1, -0.05) is 18.2 Å². The lowest BCUT2D eigenvalue weighted by Gasteiger charge is -2.34. The third-order valence-electron chi connectivity index (χ3n) is 5.91. The summed E-state index contributed by atoms with van der Waals surface area (Å²) in [6, 6.07) is 8.28. The predicted molar refractivity (Wildman–Crippen MR) is 83.5 cm³/mol. The van der Waals surface area contributed by atoms with Crippen LogP contribution in [-0.4, -0.2) is 46.3 Å². The lowest BCUT2D eigenvalue weighted by Crippen LogP contribution is -2.50. The van der Waals surface area contributed by atoms with Gasteiger partial charge in [0.2, 0.25) is 0 Å². The summed E-state index contributed by atoms with van der Waals surface area (Å²) in [5.41, 5.74) is 1.57. The van der Waals surface area contributed by atoms with Crippen molar-refractivity contribution >= 4 is 16.8 Å². The van der Waals surface area contributed by atoms with Crippen LogP contribution < -0.4 is 5.32 Å². The predicted octanol–water partition coefficient (Wildman–Crippen LogP) is 1.25. The third-order valence-corrected chi connectivity index (χ3v) is 5.91. The van der Waals surface area contributed by atoms with Crippen LogP contribution in [0.4, 0.5) is 0 Å². The van der Waals surface area contributed by atoms with E-state index in [1.54, 1.807) is 4.68 Å². The smallest absolute Gasteiger partial charge is 0.272 e. The highest BCUT2D eigenvalue weighted by Gasteiger charge is 2.53. The second kappa shape index (κ2) is 4.32. The Morgan fingerprint density at radius 3 is 2.91 bits per heavy atom. The van der Waals surface area contributed by atoms with E-state index in [2.05, 4.69) is 15.3 Å². The molecule has 6 rings (SSSR count). The van der Waals surface area contributed by atoms with Crippen LogP contribution in [-0.2, 0) is 7.05 Å². The maximum Gasteiger partial charge on any atom is 0.272 e. The molecule has 0 radical (unpaired) electrons. The SMILES string of the molecule is Cn1nc(C(=O)NC2C3CC4CN(C3)CC42)c2ccccc21. The highest BCUT2D eigenvalue weighted by molar-refractivity contribution is 6.05. The number of hydrogen-bond donors (Lipinski definition) is 1. The number of carbonyl (C=O) groups is 1. The summed E-state index contributed by atoms with van der Waals surface area (Å²) in [5, 5.41) is 8.71. The highest BCUT2D eigenvalue weighted by Crippen LogP contribution is 2.47. The molecule has 5 unspecified atom stereocenters. The van der Waals surface area contributed by atoms with Gasteiger partial charge in [0.25, 0.3) is 5.91 Å². The van der Waals surface area contributed by atoms with Gasteiger partial charge < -0.3 is 10.2 Å². The number of amides is 1. The number of fused-ring (bicyclic) bond motifs is 1. The van der Waals surface area contributed by atoms with E-state index in [4.69, 9.17) is 0 Å². The molecule has 3 aliphatic heterocycles. The van der Waals surface area contributed by atoms with Gasteiger partial charge in [-0.05, 0) is 30.2 Å². The molecule has 4 fully saturated rings. The summed E-state index contributed by atoms with van der Waals surface area (Å²) < 4.78 is 1.79. The summed E-state index contributed by atoms with van der Waals surface area (Å²) in [4.78, 5) is 15.3. The summed E-state index contributed by atoms with van der Waals surface area (Å²) in [6.45, 7) is 3.55. The maximum atomic E-state index is 12.8. The lowest BCUT2D eigenvalue weighted by molar-refractivity contribution is 0.0874. The quantitative estimate of drug-likeness (QED) is 0.907. The monoisotopic (exact) mass is 296 g/mol. The van der Waals surface area contributed by atoms with E-state index in [1.807, 2.05) is 31.3 Å². The minimum Gasteiger partial charge on any atom is -0.347 e.